The highest BCUT2D eigenvalue weighted by Gasteiger charge is 2.09. The number of ether oxygens (including phenoxy) is 1. The van der Waals surface area contributed by atoms with E-state index in [0.717, 1.165) is 25.2 Å². The molecule has 1 atom stereocenters. The normalized spacial score (nSPS) is 12.1. The van der Waals surface area contributed by atoms with Crippen molar-refractivity contribution in [3.8, 4) is 5.75 Å². The molecule has 0 spiro atoms. The topological polar surface area (TPSA) is 21.3 Å². The number of benzene rings is 2. The van der Waals surface area contributed by atoms with Gasteiger partial charge in [0, 0.05) is 6.04 Å². The lowest BCUT2D eigenvalue weighted by Crippen LogP contribution is -2.29. The van der Waals surface area contributed by atoms with Crippen LogP contribution in [0, 0.1) is 6.92 Å². The van der Waals surface area contributed by atoms with Gasteiger partial charge in [-0.2, -0.15) is 0 Å². The van der Waals surface area contributed by atoms with Gasteiger partial charge in [0.05, 0.1) is 6.61 Å². The first-order valence-electron chi connectivity index (χ1n) is 7.19. The molecule has 0 radical (unpaired) electrons. The summed E-state index contributed by atoms with van der Waals surface area (Å²) in [6.45, 7) is 2.91. The Balaban J connectivity index is 1.82. The van der Waals surface area contributed by atoms with E-state index >= 15 is 0 Å². The van der Waals surface area contributed by atoms with Crippen molar-refractivity contribution >= 4 is 0 Å². The first kappa shape index (κ1) is 14.6. The quantitative estimate of drug-likeness (QED) is 0.829. The zero-order chi connectivity index (χ0) is 14.2. The van der Waals surface area contributed by atoms with Gasteiger partial charge in [-0.1, -0.05) is 42.5 Å². The van der Waals surface area contributed by atoms with Crippen molar-refractivity contribution in [2.45, 2.75) is 25.8 Å². The molecule has 2 rings (SSSR count). The largest absolute Gasteiger partial charge is 0.494 e. The molecule has 2 nitrogen and oxygen atoms in total. The molecule has 0 aromatic heterocycles. The van der Waals surface area contributed by atoms with Crippen LogP contribution in [0.3, 0.4) is 0 Å². The van der Waals surface area contributed by atoms with E-state index in [1.165, 1.54) is 11.1 Å². The van der Waals surface area contributed by atoms with Crippen molar-refractivity contribution in [3.63, 3.8) is 0 Å². The summed E-state index contributed by atoms with van der Waals surface area (Å²) in [5.41, 5.74) is 2.77. The van der Waals surface area contributed by atoms with E-state index < -0.39 is 0 Å². The van der Waals surface area contributed by atoms with Crippen LogP contribution in [0.25, 0.3) is 0 Å². The number of rotatable bonds is 7. The maximum Gasteiger partial charge on any atom is 0.119 e. The summed E-state index contributed by atoms with van der Waals surface area (Å²) in [7, 11) is 2.02. The molecule has 106 valence electrons. The van der Waals surface area contributed by atoms with E-state index in [9.17, 15) is 0 Å². The number of nitrogens with one attached hydrogen (secondary N) is 1. The molecular formula is C18H23NO. The average molecular weight is 269 g/mol. The second-order valence-electron chi connectivity index (χ2n) is 5.07. The third-order valence-electron chi connectivity index (χ3n) is 3.61. The monoisotopic (exact) mass is 269 g/mol. The summed E-state index contributed by atoms with van der Waals surface area (Å²) in [4.78, 5) is 0. The maximum absolute atomic E-state index is 5.77. The van der Waals surface area contributed by atoms with Crippen LogP contribution in [0.4, 0.5) is 0 Å². The van der Waals surface area contributed by atoms with Gasteiger partial charge in [0.15, 0.2) is 0 Å². The van der Waals surface area contributed by atoms with Crippen LogP contribution < -0.4 is 10.1 Å². The van der Waals surface area contributed by atoms with Gasteiger partial charge in [-0.15, -0.1) is 0 Å². The molecular weight excluding hydrogens is 246 g/mol. The fourth-order valence-electron chi connectivity index (χ4n) is 2.29. The van der Waals surface area contributed by atoms with Crippen molar-refractivity contribution < 1.29 is 4.74 Å². The number of hydrogen-bond acceptors (Lipinski definition) is 2. The third kappa shape index (κ3) is 4.39. The number of likely N-dealkylation sites (N-methyl/N-ethyl adjacent to an activating group) is 1. The standard InChI is InChI=1S/C18H23NO/c1-15-8-6-7-9-16(15)14-17(19-2)12-13-20-18-10-4-3-5-11-18/h3-11,17,19H,12-14H2,1-2H3. The number of hydrogen-bond donors (Lipinski definition) is 1. The second kappa shape index (κ2) is 7.71. The van der Waals surface area contributed by atoms with Crippen LogP contribution in [0.5, 0.6) is 5.75 Å². The minimum atomic E-state index is 0.444. The predicted molar refractivity (Wildman–Crippen MR) is 84.3 cm³/mol. The molecule has 0 bridgehead atoms. The first-order chi connectivity index (χ1) is 9.79. The highest BCUT2D eigenvalue weighted by Crippen LogP contribution is 2.13. The zero-order valence-electron chi connectivity index (χ0n) is 12.3. The number of para-hydroxylation sites is 1. The zero-order valence-corrected chi connectivity index (χ0v) is 12.3. The first-order valence-corrected chi connectivity index (χ1v) is 7.19. The van der Waals surface area contributed by atoms with Gasteiger partial charge >= 0.3 is 0 Å². The highest BCUT2D eigenvalue weighted by atomic mass is 16.5. The molecule has 2 heteroatoms. The maximum atomic E-state index is 5.77. The Morgan fingerprint density at radius 2 is 1.70 bits per heavy atom. The smallest absolute Gasteiger partial charge is 0.119 e. The van der Waals surface area contributed by atoms with Crippen LogP contribution in [0.2, 0.25) is 0 Å². The van der Waals surface area contributed by atoms with Crippen LogP contribution in [0.1, 0.15) is 17.5 Å². The van der Waals surface area contributed by atoms with Crippen molar-refractivity contribution in [1.82, 2.24) is 5.32 Å². The lowest BCUT2D eigenvalue weighted by Gasteiger charge is -2.17. The van der Waals surface area contributed by atoms with E-state index in [-0.39, 0.29) is 0 Å². The molecule has 0 aliphatic carbocycles. The molecule has 0 aliphatic rings. The van der Waals surface area contributed by atoms with E-state index in [1.807, 2.05) is 37.4 Å². The molecule has 0 heterocycles. The predicted octanol–water partition coefficient (Wildman–Crippen LogP) is 3.59. The summed E-state index contributed by atoms with van der Waals surface area (Å²) in [5, 5.41) is 3.38. The molecule has 0 saturated carbocycles. The fraction of sp³-hybridized carbons (Fsp3) is 0.333. The van der Waals surface area contributed by atoms with E-state index in [4.69, 9.17) is 4.74 Å². The molecule has 1 N–H and O–H groups in total. The Morgan fingerprint density at radius 3 is 2.40 bits per heavy atom. The molecule has 0 aliphatic heterocycles. The Bertz CT molecular complexity index is 510. The Kier molecular flexibility index (Phi) is 5.63. The number of aryl methyl sites for hydroxylation is 1. The summed E-state index contributed by atoms with van der Waals surface area (Å²) < 4.78 is 5.77. The lowest BCUT2D eigenvalue weighted by atomic mass is 10.00. The third-order valence-corrected chi connectivity index (χ3v) is 3.61. The van der Waals surface area contributed by atoms with Gasteiger partial charge in [0.2, 0.25) is 0 Å². The van der Waals surface area contributed by atoms with Crippen LogP contribution in [-0.2, 0) is 6.42 Å². The van der Waals surface area contributed by atoms with Crippen molar-refractivity contribution in [1.29, 1.82) is 0 Å². The Hall–Kier alpha value is -1.80. The minimum absolute atomic E-state index is 0.444. The SMILES string of the molecule is CNC(CCOc1ccccc1)Cc1ccccc1C. The lowest BCUT2D eigenvalue weighted by molar-refractivity contribution is 0.288. The van der Waals surface area contributed by atoms with Crippen LogP contribution in [-0.4, -0.2) is 19.7 Å². The molecule has 0 amide bonds. The van der Waals surface area contributed by atoms with Gasteiger partial charge in [-0.05, 0) is 50.1 Å². The van der Waals surface area contributed by atoms with Crippen LogP contribution in [0.15, 0.2) is 54.6 Å². The van der Waals surface area contributed by atoms with Gasteiger partial charge < -0.3 is 10.1 Å². The van der Waals surface area contributed by atoms with Crippen molar-refractivity contribution in [3.05, 3.63) is 65.7 Å². The van der Waals surface area contributed by atoms with Gasteiger partial charge in [0.25, 0.3) is 0 Å². The summed E-state index contributed by atoms with van der Waals surface area (Å²) in [6, 6.07) is 19.0. The van der Waals surface area contributed by atoms with Crippen molar-refractivity contribution in [2.24, 2.45) is 0 Å². The molecule has 0 fully saturated rings. The Labute approximate surface area is 121 Å². The average Bonchev–Trinajstić information content (AvgIpc) is 2.49. The minimum Gasteiger partial charge on any atom is -0.494 e. The Morgan fingerprint density at radius 1 is 1.00 bits per heavy atom. The molecule has 1 unspecified atom stereocenters. The van der Waals surface area contributed by atoms with Gasteiger partial charge in [0.1, 0.15) is 5.75 Å². The summed E-state index contributed by atoms with van der Waals surface area (Å²) >= 11 is 0. The molecule has 2 aromatic carbocycles. The van der Waals surface area contributed by atoms with Gasteiger partial charge in [-0.25, -0.2) is 0 Å². The summed E-state index contributed by atoms with van der Waals surface area (Å²) in [6.07, 6.45) is 2.04. The summed E-state index contributed by atoms with van der Waals surface area (Å²) in [5.74, 6) is 0.943. The van der Waals surface area contributed by atoms with Crippen LogP contribution >= 0.6 is 0 Å². The van der Waals surface area contributed by atoms with Crippen molar-refractivity contribution in [2.75, 3.05) is 13.7 Å². The molecule has 2 aromatic rings. The highest BCUT2D eigenvalue weighted by molar-refractivity contribution is 5.26. The fourth-order valence-corrected chi connectivity index (χ4v) is 2.29. The van der Waals surface area contributed by atoms with E-state index in [0.29, 0.717) is 6.04 Å². The van der Waals surface area contributed by atoms with E-state index in [2.05, 4.69) is 36.5 Å². The molecule has 0 saturated heterocycles. The van der Waals surface area contributed by atoms with Gasteiger partial charge in [-0.3, -0.25) is 0 Å². The molecule has 20 heavy (non-hydrogen) atoms. The van der Waals surface area contributed by atoms with E-state index in [1.54, 1.807) is 0 Å². The second-order valence-corrected chi connectivity index (χ2v) is 5.07.